The van der Waals surface area contributed by atoms with Crippen molar-refractivity contribution in [2.24, 2.45) is 0 Å². The molecule has 0 spiro atoms. The quantitative estimate of drug-likeness (QED) is 0.825. The Morgan fingerprint density at radius 3 is 2.52 bits per heavy atom. The summed E-state index contributed by atoms with van der Waals surface area (Å²) in [5.41, 5.74) is 3.14. The van der Waals surface area contributed by atoms with Crippen molar-refractivity contribution in [1.29, 1.82) is 0 Å². The molecule has 2 aromatic carbocycles. The van der Waals surface area contributed by atoms with Gasteiger partial charge in [-0.3, -0.25) is 4.79 Å². The lowest BCUT2D eigenvalue weighted by Gasteiger charge is -2.17. The fourth-order valence-electron chi connectivity index (χ4n) is 3.13. The van der Waals surface area contributed by atoms with Gasteiger partial charge in [-0.1, -0.05) is 29.8 Å². The lowest BCUT2D eigenvalue weighted by atomic mass is 10.1. The molecule has 0 aliphatic carbocycles. The van der Waals surface area contributed by atoms with Crippen LogP contribution in [0.1, 0.15) is 17.5 Å². The number of urea groups is 1. The van der Waals surface area contributed by atoms with Gasteiger partial charge < -0.3 is 20.3 Å². The van der Waals surface area contributed by atoms with E-state index in [0.717, 1.165) is 29.0 Å². The molecule has 1 saturated heterocycles. The number of hydrogen-bond acceptors (Lipinski definition) is 3. The Morgan fingerprint density at radius 2 is 1.85 bits per heavy atom. The highest BCUT2D eigenvalue weighted by molar-refractivity contribution is 5.96. The van der Waals surface area contributed by atoms with Crippen LogP contribution in [0.5, 0.6) is 5.75 Å². The monoisotopic (exact) mass is 367 g/mol. The molecule has 2 N–H and O–H groups in total. The number of ether oxygens (including phenoxy) is 1. The van der Waals surface area contributed by atoms with Crippen molar-refractivity contribution in [3.63, 3.8) is 0 Å². The maximum Gasteiger partial charge on any atom is 0.315 e. The predicted molar refractivity (Wildman–Crippen MR) is 105 cm³/mol. The average Bonchev–Trinajstić information content (AvgIpc) is 3.03. The smallest absolute Gasteiger partial charge is 0.315 e. The van der Waals surface area contributed by atoms with E-state index in [2.05, 4.69) is 10.6 Å². The number of amides is 3. The van der Waals surface area contributed by atoms with Gasteiger partial charge >= 0.3 is 6.03 Å². The first-order valence-electron chi connectivity index (χ1n) is 9.09. The summed E-state index contributed by atoms with van der Waals surface area (Å²) in [5, 5.41) is 5.74. The van der Waals surface area contributed by atoms with Crippen molar-refractivity contribution in [3.8, 4) is 5.75 Å². The van der Waals surface area contributed by atoms with Crippen molar-refractivity contribution in [1.82, 2.24) is 10.6 Å². The van der Waals surface area contributed by atoms with Crippen LogP contribution in [0.3, 0.4) is 0 Å². The molecule has 0 aromatic heterocycles. The highest BCUT2D eigenvalue weighted by Gasteiger charge is 2.31. The number of nitrogens with one attached hydrogen (secondary N) is 2. The Labute approximate surface area is 159 Å². The van der Waals surface area contributed by atoms with Crippen LogP contribution in [0.4, 0.5) is 10.5 Å². The first kappa shape index (κ1) is 18.8. The zero-order valence-corrected chi connectivity index (χ0v) is 15.7. The molecule has 1 atom stereocenters. The molecule has 1 aliphatic rings. The molecule has 0 bridgehead atoms. The van der Waals surface area contributed by atoms with Gasteiger partial charge in [-0.2, -0.15) is 0 Å². The molecule has 1 heterocycles. The second-order valence-corrected chi connectivity index (χ2v) is 6.74. The lowest BCUT2D eigenvalue weighted by molar-refractivity contribution is -0.117. The predicted octanol–water partition coefficient (Wildman–Crippen LogP) is 2.65. The van der Waals surface area contributed by atoms with Crippen LogP contribution in [-0.2, 0) is 11.2 Å². The van der Waals surface area contributed by atoms with Gasteiger partial charge in [0.1, 0.15) is 5.75 Å². The Hall–Kier alpha value is -3.02. The Morgan fingerprint density at radius 1 is 1.15 bits per heavy atom. The van der Waals surface area contributed by atoms with E-state index >= 15 is 0 Å². The molecular weight excluding hydrogens is 342 g/mol. The summed E-state index contributed by atoms with van der Waals surface area (Å²) < 4.78 is 5.13. The number of anilines is 1. The van der Waals surface area contributed by atoms with Gasteiger partial charge in [-0.05, 0) is 43.2 Å². The molecule has 1 fully saturated rings. The van der Waals surface area contributed by atoms with Crippen LogP contribution in [0.25, 0.3) is 0 Å². The SMILES string of the molecule is COc1ccc(CCNC(=O)N[C@H]2CC(=O)N(c3ccc(C)cc3)C2)cc1. The molecule has 1 aliphatic heterocycles. The highest BCUT2D eigenvalue weighted by Crippen LogP contribution is 2.21. The summed E-state index contributed by atoms with van der Waals surface area (Å²) >= 11 is 0. The first-order valence-corrected chi connectivity index (χ1v) is 9.09. The van der Waals surface area contributed by atoms with Crippen LogP contribution < -0.4 is 20.3 Å². The minimum absolute atomic E-state index is 0.0300. The number of carbonyl (C=O) groups is 2. The van der Waals surface area contributed by atoms with Gasteiger partial charge in [0.15, 0.2) is 0 Å². The summed E-state index contributed by atoms with van der Waals surface area (Å²) in [6.07, 6.45) is 1.05. The molecule has 3 rings (SSSR count). The maximum atomic E-state index is 12.2. The summed E-state index contributed by atoms with van der Waals surface area (Å²) in [5.74, 6) is 0.843. The second-order valence-electron chi connectivity index (χ2n) is 6.74. The van der Waals surface area contributed by atoms with E-state index in [1.165, 1.54) is 0 Å². The first-order chi connectivity index (χ1) is 13.0. The van der Waals surface area contributed by atoms with Gasteiger partial charge in [0, 0.05) is 25.2 Å². The van der Waals surface area contributed by atoms with E-state index in [-0.39, 0.29) is 18.0 Å². The fourth-order valence-corrected chi connectivity index (χ4v) is 3.13. The number of nitrogens with zero attached hydrogens (tertiary/aromatic N) is 1. The Balaban J connectivity index is 1.44. The number of rotatable bonds is 6. The van der Waals surface area contributed by atoms with Gasteiger partial charge in [0.25, 0.3) is 0 Å². The molecule has 3 amide bonds. The fraction of sp³-hybridized carbons (Fsp3) is 0.333. The zero-order chi connectivity index (χ0) is 19.2. The van der Waals surface area contributed by atoms with E-state index in [1.807, 2.05) is 55.5 Å². The number of hydrogen-bond donors (Lipinski definition) is 2. The van der Waals surface area contributed by atoms with E-state index in [4.69, 9.17) is 4.74 Å². The Kier molecular flexibility index (Phi) is 5.96. The molecule has 0 saturated carbocycles. The van der Waals surface area contributed by atoms with Crippen LogP contribution in [0.2, 0.25) is 0 Å². The van der Waals surface area contributed by atoms with Crippen LogP contribution in [0, 0.1) is 6.92 Å². The summed E-state index contributed by atoms with van der Waals surface area (Å²) in [6, 6.07) is 15.2. The molecule has 142 valence electrons. The summed E-state index contributed by atoms with van der Waals surface area (Å²) in [7, 11) is 1.63. The van der Waals surface area contributed by atoms with E-state index in [9.17, 15) is 9.59 Å². The van der Waals surface area contributed by atoms with Gasteiger partial charge in [0.05, 0.1) is 13.2 Å². The average molecular weight is 367 g/mol. The molecule has 2 aromatic rings. The van der Waals surface area contributed by atoms with Gasteiger partial charge in [-0.25, -0.2) is 4.79 Å². The third-order valence-electron chi connectivity index (χ3n) is 4.66. The maximum absolute atomic E-state index is 12.2. The number of carbonyl (C=O) groups excluding carboxylic acids is 2. The minimum Gasteiger partial charge on any atom is -0.497 e. The number of methoxy groups -OCH3 is 1. The normalized spacial score (nSPS) is 16.3. The number of benzene rings is 2. The van der Waals surface area contributed by atoms with E-state index in [1.54, 1.807) is 12.0 Å². The van der Waals surface area contributed by atoms with Crippen molar-refractivity contribution < 1.29 is 14.3 Å². The number of aryl methyl sites for hydroxylation is 1. The molecule has 6 heteroatoms. The molecular formula is C21H25N3O3. The standard InChI is InChI=1S/C21H25N3O3/c1-15-3-7-18(8-4-15)24-14-17(13-20(24)25)23-21(26)22-12-11-16-5-9-19(27-2)10-6-16/h3-10,17H,11-14H2,1-2H3,(H2,22,23,26)/t17-/m0/s1. The van der Waals surface area contributed by atoms with E-state index < -0.39 is 0 Å². The molecule has 6 nitrogen and oxygen atoms in total. The van der Waals surface area contributed by atoms with E-state index in [0.29, 0.717) is 19.5 Å². The lowest BCUT2D eigenvalue weighted by Crippen LogP contribution is -2.43. The largest absolute Gasteiger partial charge is 0.497 e. The summed E-state index contributed by atoms with van der Waals surface area (Å²) in [6.45, 7) is 3.03. The van der Waals surface area contributed by atoms with Crippen molar-refractivity contribution in [2.75, 3.05) is 25.1 Å². The zero-order valence-electron chi connectivity index (χ0n) is 15.7. The second kappa shape index (κ2) is 8.58. The third kappa shape index (κ3) is 5.00. The molecule has 0 unspecified atom stereocenters. The molecule has 27 heavy (non-hydrogen) atoms. The van der Waals surface area contributed by atoms with Crippen LogP contribution in [0.15, 0.2) is 48.5 Å². The highest BCUT2D eigenvalue weighted by atomic mass is 16.5. The van der Waals surface area contributed by atoms with Crippen molar-refractivity contribution >= 4 is 17.6 Å². The van der Waals surface area contributed by atoms with Crippen molar-refractivity contribution in [3.05, 3.63) is 59.7 Å². The topological polar surface area (TPSA) is 70.7 Å². The summed E-state index contributed by atoms with van der Waals surface area (Å²) in [4.78, 5) is 26.1. The van der Waals surface area contributed by atoms with Crippen LogP contribution in [-0.4, -0.2) is 38.2 Å². The third-order valence-corrected chi connectivity index (χ3v) is 4.66. The van der Waals surface area contributed by atoms with Gasteiger partial charge in [-0.15, -0.1) is 0 Å². The van der Waals surface area contributed by atoms with Crippen molar-refractivity contribution in [2.45, 2.75) is 25.8 Å². The minimum atomic E-state index is -0.243. The van der Waals surface area contributed by atoms with Crippen LogP contribution >= 0.6 is 0 Å². The molecule has 0 radical (unpaired) electrons. The Bertz CT molecular complexity index is 787. The van der Waals surface area contributed by atoms with Gasteiger partial charge in [0.2, 0.25) is 5.91 Å².